The van der Waals surface area contributed by atoms with E-state index in [0.29, 0.717) is 29.2 Å². The number of hydrazine groups is 1. The second-order valence-corrected chi connectivity index (χ2v) is 7.26. The zero-order valence-electron chi connectivity index (χ0n) is 17.1. The first-order valence-corrected chi connectivity index (χ1v) is 10.2. The van der Waals surface area contributed by atoms with Crippen molar-refractivity contribution in [1.82, 2.24) is 15.8 Å². The maximum atomic E-state index is 12.6. The van der Waals surface area contributed by atoms with Crippen molar-refractivity contribution in [1.29, 1.82) is 0 Å². The molecule has 3 N–H and O–H groups in total. The van der Waals surface area contributed by atoms with Crippen molar-refractivity contribution >= 4 is 22.7 Å². The molecule has 0 atom stereocenters. The number of amides is 2. The Hall–Kier alpha value is -3.48. The molecule has 2 aromatic carbocycles. The van der Waals surface area contributed by atoms with Crippen molar-refractivity contribution in [2.24, 2.45) is 0 Å². The molecule has 7 heteroatoms. The molecule has 7 nitrogen and oxygen atoms in total. The average Bonchev–Trinajstić information content (AvgIpc) is 3.15. The van der Waals surface area contributed by atoms with Crippen LogP contribution in [0.1, 0.15) is 51.7 Å². The maximum absolute atomic E-state index is 12.6. The highest BCUT2D eigenvalue weighted by Gasteiger charge is 2.17. The van der Waals surface area contributed by atoms with E-state index in [9.17, 15) is 9.59 Å². The summed E-state index contributed by atoms with van der Waals surface area (Å²) in [5.41, 5.74) is 9.42. The first kappa shape index (κ1) is 19.8. The lowest BCUT2D eigenvalue weighted by atomic mass is 9.95. The Kier molecular flexibility index (Phi) is 5.61. The number of benzene rings is 2. The van der Waals surface area contributed by atoms with Gasteiger partial charge in [0.1, 0.15) is 0 Å². The molecule has 30 heavy (non-hydrogen) atoms. The third-order valence-electron chi connectivity index (χ3n) is 5.38. The molecule has 1 aliphatic carbocycles. The van der Waals surface area contributed by atoms with Crippen molar-refractivity contribution in [2.75, 3.05) is 13.7 Å². The van der Waals surface area contributed by atoms with Crippen LogP contribution in [-0.2, 0) is 12.8 Å². The van der Waals surface area contributed by atoms with Crippen LogP contribution >= 0.6 is 0 Å². The van der Waals surface area contributed by atoms with Gasteiger partial charge in [-0.15, -0.1) is 0 Å². The first-order valence-electron chi connectivity index (χ1n) is 10.2. The highest BCUT2D eigenvalue weighted by atomic mass is 16.5. The van der Waals surface area contributed by atoms with Gasteiger partial charge in [-0.1, -0.05) is 0 Å². The molecular weight excluding hydrogens is 382 g/mol. The van der Waals surface area contributed by atoms with Crippen molar-refractivity contribution in [2.45, 2.75) is 32.6 Å². The Morgan fingerprint density at radius 3 is 2.40 bits per heavy atom. The van der Waals surface area contributed by atoms with Gasteiger partial charge >= 0.3 is 0 Å². The van der Waals surface area contributed by atoms with Gasteiger partial charge in [0.15, 0.2) is 11.5 Å². The molecule has 0 radical (unpaired) electrons. The van der Waals surface area contributed by atoms with Crippen molar-refractivity contribution in [3.8, 4) is 11.5 Å². The molecule has 0 bridgehead atoms. The minimum Gasteiger partial charge on any atom is -0.493 e. The largest absolute Gasteiger partial charge is 0.493 e. The molecule has 156 valence electrons. The van der Waals surface area contributed by atoms with Gasteiger partial charge in [-0.25, -0.2) is 0 Å². The minimum atomic E-state index is -0.440. The molecule has 3 aromatic rings. The number of hydrogen-bond donors (Lipinski definition) is 3. The van der Waals surface area contributed by atoms with E-state index in [1.54, 1.807) is 24.3 Å². The van der Waals surface area contributed by atoms with Crippen LogP contribution in [0.15, 0.2) is 36.4 Å². The van der Waals surface area contributed by atoms with Gasteiger partial charge < -0.3 is 14.5 Å². The molecular formula is C23H25N3O4. The lowest BCUT2D eigenvalue weighted by Gasteiger charge is -2.12. The van der Waals surface area contributed by atoms with Crippen LogP contribution in [0, 0.1) is 0 Å². The molecule has 0 aliphatic heterocycles. The highest BCUT2D eigenvalue weighted by Crippen LogP contribution is 2.30. The first-order chi connectivity index (χ1) is 14.6. The molecule has 0 saturated heterocycles. The van der Waals surface area contributed by atoms with Crippen LogP contribution in [0.5, 0.6) is 11.5 Å². The summed E-state index contributed by atoms with van der Waals surface area (Å²) in [5.74, 6) is 0.209. The van der Waals surface area contributed by atoms with E-state index in [2.05, 4.69) is 15.8 Å². The lowest BCUT2D eigenvalue weighted by molar-refractivity contribution is 0.0846. The van der Waals surface area contributed by atoms with Crippen molar-refractivity contribution < 1.29 is 19.1 Å². The van der Waals surface area contributed by atoms with E-state index < -0.39 is 5.91 Å². The number of aromatic amines is 1. The number of rotatable bonds is 5. The summed E-state index contributed by atoms with van der Waals surface area (Å²) in [6.07, 6.45) is 4.43. The summed E-state index contributed by atoms with van der Waals surface area (Å²) in [7, 11) is 1.51. The van der Waals surface area contributed by atoms with Gasteiger partial charge in [0.05, 0.1) is 13.7 Å². The highest BCUT2D eigenvalue weighted by molar-refractivity contribution is 6.01. The summed E-state index contributed by atoms with van der Waals surface area (Å²) in [5, 5.41) is 1.08. The molecule has 0 fully saturated rings. The fourth-order valence-electron chi connectivity index (χ4n) is 3.89. The predicted octanol–water partition coefficient (Wildman–Crippen LogP) is 3.53. The topological polar surface area (TPSA) is 92.5 Å². The van der Waals surface area contributed by atoms with Crippen LogP contribution < -0.4 is 20.3 Å². The zero-order chi connectivity index (χ0) is 21.1. The van der Waals surface area contributed by atoms with E-state index in [-0.39, 0.29) is 5.91 Å². The monoisotopic (exact) mass is 407 g/mol. The number of aromatic nitrogens is 1. The molecule has 0 unspecified atom stereocenters. The quantitative estimate of drug-likeness (QED) is 0.564. The molecule has 2 amide bonds. The fourth-order valence-corrected chi connectivity index (χ4v) is 3.89. The van der Waals surface area contributed by atoms with Gasteiger partial charge in [-0.05, 0) is 74.6 Å². The molecule has 4 rings (SSSR count). The molecule has 0 spiro atoms. The average molecular weight is 407 g/mol. The van der Waals surface area contributed by atoms with Crippen LogP contribution in [0.2, 0.25) is 0 Å². The van der Waals surface area contributed by atoms with E-state index in [1.807, 2.05) is 19.1 Å². The number of carbonyl (C=O) groups is 2. The van der Waals surface area contributed by atoms with Gasteiger partial charge in [0, 0.05) is 27.7 Å². The minimum absolute atomic E-state index is 0.353. The Bertz CT molecular complexity index is 1100. The maximum Gasteiger partial charge on any atom is 0.269 e. The van der Waals surface area contributed by atoms with Crippen molar-refractivity contribution in [3.63, 3.8) is 0 Å². The van der Waals surface area contributed by atoms with Crippen LogP contribution in [-0.4, -0.2) is 30.5 Å². The molecule has 0 saturated carbocycles. The van der Waals surface area contributed by atoms with E-state index >= 15 is 0 Å². The second kappa shape index (κ2) is 8.49. The van der Waals surface area contributed by atoms with E-state index in [1.165, 1.54) is 24.8 Å². The Morgan fingerprint density at radius 1 is 0.967 bits per heavy atom. The number of ether oxygens (including phenoxy) is 2. The number of H-pyrrole nitrogens is 1. The predicted molar refractivity (Wildman–Crippen MR) is 114 cm³/mol. The third kappa shape index (κ3) is 3.83. The van der Waals surface area contributed by atoms with Crippen molar-refractivity contribution in [3.05, 3.63) is 58.8 Å². The Morgan fingerprint density at radius 2 is 1.67 bits per heavy atom. The molecule has 1 heterocycles. The standard InChI is InChI=1S/C23H25N3O4/c1-3-30-20-11-9-15(13-21(20)29-2)23(28)26-25-22(27)14-8-10-19-17(12-14)16-6-4-5-7-18(16)24-19/h8-13,24H,3-7H2,1-2H3,(H,25,27)(H,26,28). The van der Waals surface area contributed by atoms with E-state index in [0.717, 1.165) is 30.2 Å². The summed E-state index contributed by atoms with van der Waals surface area (Å²) < 4.78 is 10.7. The van der Waals surface area contributed by atoms with Crippen LogP contribution in [0.4, 0.5) is 0 Å². The number of carbonyl (C=O) groups excluding carboxylic acids is 2. The number of nitrogens with one attached hydrogen (secondary N) is 3. The second-order valence-electron chi connectivity index (χ2n) is 7.26. The normalized spacial score (nSPS) is 12.9. The van der Waals surface area contributed by atoms with Gasteiger partial charge in [0.25, 0.3) is 11.8 Å². The third-order valence-corrected chi connectivity index (χ3v) is 5.38. The van der Waals surface area contributed by atoms with Crippen LogP contribution in [0.3, 0.4) is 0 Å². The Labute approximate surface area is 174 Å². The van der Waals surface area contributed by atoms with Crippen LogP contribution in [0.25, 0.3) is 10.9 Å². The summed E-state index contributed by atoms with van der Waals surface area (Å²) in [4.78, 5) is 28.5. The zero-order valence-corrected chi connectivity index (χ0v) is 17.1. The fraction of sp³-hybridized carbons (Fsp3) is 0.304. The van der Waals surface area contributed by atoms with Gasteiger partial charge in [0.2, 0.25) is 0 Å². The SMILES string of the molecule is CCOc1ccc(C(=O)NNC(=O)c2ccc3[nH]c4c(c3c2)CCCC4)cc1OC. The number of hydrogen-bond acceptors (Lipinski definition) is 4. The van der Waals surface area contributed by atoms with E-state index in [4.69, 9.17) is 9.47 Å². The number of fused-ring (bicyclic) bond motifs is 3. The summed E-state index contributed by atoms with van der Waals surface area (Å²) >= 11 is 0. The number of aryl methyl sites for hydroxylation is 2. The number of methoxy groups -OCH3 is 1. The lowest BCUT2D eigenvalue weighted by Crippen LogP contribution is -2.41. The molecule has 1 aromatic heterocycles. The van der Waals surface area contributed by atoms with Gasteiger partial charge in [-0.2, -0.15) is 0 Å². The summed E-state index contributed by atoms with van der Waals surface area (Å²) in [6, 6.07) is 10.4. The molecule has 1 aliphatic rings. The Balaban J connectivity index is 1.46. The smallest absolute Gasteiger partial charge is 0.269 e. The van der Waals surface area contributed by atoms with Gasteiger partial charge in [-0.3, -0.25) is 20.4 Å². The summed E-state index contributed by atoms with van der Waals surface area (Å²) in [6.45, 7) is 2.36.